The van der Waals surface area contributed by atoms with Crippen molar-refractivity contribution >= 4 is 45.8 Å². The molecule has 0 saturated carbocycles. The third kappa shape index (κ3) is 5.15. The number of aliphatic hydroxyl groups excluding tert-OH is 2. The largest absolute Gasteiger partial charge is 0.479 e. The number of hydrogen-bond donors (Lipinski definition) is 5. The van der Waals surface area contributed by atoms with E-state index in [0.29, 0.717) is 22.3 Å². The third-order valence-corrected chi connectivity index (χ3v) is 7.52. The fraction of sp³-hybridized carbons (Fsp3) is 0.520. The number of fused-ring (bicyclic) bond motifs is 3. The Morgan fingerprint density at radius 2 is 1.31 bits per heavy atom. The molecule has 7 N–H and O–H groups in total. The summed E-state index contributed by atoms with van der Waals surface area (Å²) >= 11 is 0. The van der Waals surface area contributed by atoms with Gasteiger partial charge in [0.05, 0.1) is 12.7 Å². The predicted molar refractivity (Wildman–Crippen MR) is 149 cm³/mol. The van der Waals surface area contributed by atoms with Crippen LogP contribution in [0.15, 0.2) is 25.3 Å². The average molecular weight is 630 g/mol. The maximum Gasteiger partial charge on any atom is 0.335 e. The van der Waals surface area contributed by atoms with E-state index in [1.54, 1.807) is 32.5 Å². The minimum Gasteiger partial charge on any atom is -0.479 e. The minimum absolute atomic E-state index is 0.192. The number of carboxylic acids is 1. The van der Waals surface area contributed by atoms with E-state index in [1.807, 2.05) is 0 Å². The number of nitrogen functional groups attached to an aromatic ring is 2. The van der Waals surface area contributed by atoms with E-state index in [4.69, 9.17) is 30.4 Å². The summed E-state index contributed by atoms with van der Waals surface area (Å²) in [7, 11) is 3.08. The summed E-state index contributed by atoms with van der Waals surface area (Å²) in [4.78, 5) is 48.9. The van der Waals surface area contributed by atoms with E-state index in [0.717, 1.165) is 0 Å². The van der Waals surface area contributed by atoms with Crippen LogP contribution in [-0.4, -0.2) is 128 Å². The molecule has 0 aromatic carbocycles. The highest BCUT2D eigenvalue weighted by molar-refractivity contribution is 5.83. The van der Waals surface area contributed by atoms with E-state index >= 15 is 0 Å². The summed E-state index contributed by atoms with van der Waals surface area (Å²) in [5.74, 6) is -2.01. The van der Waals surface area contributed by atoms with Crippen LogP contribution in [0.1, 0.15) is 26.3 Å². The van der Waals surface area contributed by atoms with Crippen molar-refractivity contribution in [3.8, 4) is 0 Å². The number of likely N-dealkylation sites (N-methyl/N-ethyl adjacent to an activating group) is 1. The van der Waals surface area contributed by atoms with Crippen molar-refractivity contribution in [3.05, 3.63) is 25.3 Å². The van der Waals surface area contributed by atoms with Crippen molar-refractivity contribution < 1.29 is 43.9 Å². The van der Waals surface area contributed by atoms with Gasteiger partial charge in [-0.15, -0.1) is 0 Å². The molecule has 20 heteroatoms. The normalized spacial score (nSPS) is 30.3. The zero-order valence-electron chi connectivity index (χ0n) is 24.4. The average Bonchev–Trinajstić information content (AvgIpc) is 3.78. The number of aromatic nitrogens is 8. The van der Waals surface area contributed by atoms with Gasteiger partial charge in [-0.05, 0) is 13.8 Å². The van der Waals surface area contributed by atoms with E-state index in [9.17, 15) is 24.9 Å². The lowest BCUT2D eigenvalue weighted by atomic mass is 10.1. The monoisotopic (exact) mass is 629 g/mol. The number of amides is 1. The first-order chi connectivity index (χ1) is 21.3. The Balaban J connectivity index is 0.000000159. The van der Waals surface area contributed by atoms with Crippen LogP contribution < -0.4 is 11.5 Å². The van der Waals surface area contributed by atoms with Gasteiger partial charge in [-0.1, -0.05) is 0 Å². The van der Waals surface area contributed by atoms with E-state index < -0.39 is 66.7 Å². The molecular weight excluding hydrogens is 598 g/mol. The molecule has 3 aliphatic heterocycles. The van der Waals surface area contributed by atoms with Crippen LogP contribution in [0, 0.1) is 0 Å². The Labute approximate surface area is 253 Å². The molecule has 8 atom stereocenters. The van der Waals surface area contributed by atoms with Crippen LogP contribution in [0.5, 0.6) is 0 Å². The first-order valence-electron chi connectivity index (χ1n) is 13.6. The second-order valence-corrected chi connectivity index (χ2v) is 11.2. The molecule has 0 unspecified atom stereocenters. The highest BCUT2D eigenvalue weighted by Crippen LogP contribution is 2.44. The number of nitrogens with zero attached hydrogens (tertiary/aromatic N) is 9. The number of nitrogens with two attached hydrogens (primary N) is 2. The van der Waals surface area contributed by atoms with Gasteiger partial charge >= 0.3 is 5.97 Å². The molecule has 4 aromatic heterocycles. The molecule has 3 aliphatic rings. The number of ether oxygens (including phenoxy) is 4. The molecule has 240 valence electrons. The van der Waals surface area contributed by atoms with Crippen LogP contribution in [-0.2, 0) is 28.5 Å². The molecule has 4 aromatic rings. The number of imidazole rings is 2. The molecule has 45 heavy (non-hydrogen) atoms. The number of carbonyl (C=O) groups is 2. The SMILES string of the molecule is CC1(C)O[C@@H]2[C@H](O1)[C@@H](C(=O)O)O[C@H]2n1cnc2c(N)ncnc21.CN(C)C(=O)[C@H]1O[C@@H](n2cnc3c(N)ncnc32)[C@H](O)[C@@H]1O. The Bertz CT molecular complexity index is 1760. The minimum atomic E-state index is -1.35. The Kier molecular flexibility index (Phi) is 7.49. The molecule has 3 saturated heterocycles. The van der Waals surface area contributed by atoms with Gasteiger partial charge in [0.25, 0.3) is 5.91 Å². The molecule has 0 bridgehead atoms. The van der Waals surface area contributed by atoms with Gasteiger partial charge in [0.15, 0.2) is 53.4 Å². The van der Waals surface area contributed by atoms with Gasteiger partial charge in [-0.2, -0.15) is 0 Å². The smallest absolute Gasteiger partial charge is 0.335 e. The zero-order chi connectivity index (χ0) is 32.4. The van der Waals surface area contributed by atoms with Crippen LogP contribution in [0.2, 0.25) is 0 Å². The molecule has 0 spiro atoms. The standard InChI is InChI=1S/C13H15N5O5.C12H16N6O4/c1-13(2)22-6-7(23-13)11(21-8(6)12(19)20)18-4-17-5-9(14)15-3-16-10(5)18;1-17(2)11(21)8-6(19)7(20)12(22-8)18-4-16-5-9(13)14-3-15-10(5)18/h3-4,6-8,11H,1-2H3,(H,19,20)(H2,14,15,16);3-4,6-8,12,19-20H,1-2H3,(H2,13,14,15)/t6-,7+,8-,11+;6-,7+,8-,12+/m00/s1. The van der Waals surface area contributed by atoms with Gasteiger partial charge in [-0.25, -0.2) is 34.7 Å². The second kappa shape index (κ2) is 11.1. The van der Waals surface area contributed by atoms with Crippen molar-refractivity contribution in [2.45, 2.75) is 68.7 Å². The number of hydrogen-bond acceptors (Lipinski definition) is 16. The summed E-state index contributed by atoms with van der Waals surface area (Å²) in [6.07, 6.45) is -2.57. The highest BCUT2D eigenvalue weighted by atomic mass is 16.8. The lowest BCUT2D eigenvalue weighted by Crippen LogP contribution is -2.42. The lowest BCUT2D eigenvalue weighted by Gasteiger charge is -2.23. The number of carboxylic acid groups (broad SMARTS) is 1. The molecule has 20 nitrogen and oxygen atoms in total. The summed E-state index contributed by atoms with van der Waals surface area (Å²) in [5.41, 5.74) is 13.1. The summed E-state index contributed by atoms with van der Waals surface area (Å²) < 4.78 is 25.7. The van der Waals surface area contributed by atoms with Crippen molar-refractivity contribution in [3.63, 3.8) is 0 Å². The molecular formula is C25H31N11O9. The fourth-order valence-corrected chi connectivity index (χ4v) is 5.46. The molecule has 1 amide bonds. The quantitative estimate of drug-likeness (QED) is 0.164. The van der Waals surface area contributed by atoms with Crippen molar-refractivity contribution in [2.75, 3.05) is 25.6 Å². The van der Waals surface area contributed by atoms with Crippen LogP contribution in [0.25, 0.3) is 22.3 Å². The molecule has 0 aliphatic carbocycles. The molecule has 0 radical (unpaired) electrons. The molecule has 7 rings (SSSR count). The number of rotatable bonds is 4. The van der Waals surface area contributed by atoms with Crippen molar-refractivity contribution in [1.82, 2.24) is 43.9 Å². The fourth-order valence-electron chi connectivity index (χ4n) is 5.46. The van der Waals surface area contributed by atoms with E-state index in [2.05, 4.69) is 29.9 Å². The summed E-state index contributed by atoms with van der Waals surface area (Å²) in [5, 5.41) is 29.6. The zero-order valence-corrected chi connectivity index (χ0v) is 24.4. The predicted octanol–water partition coefficient (Wildman–Crippen LogP) is -1.97. The van der Waals surface area contributed by atoms with Gasteiger partial charge in [0.1, 0.15) is 48.1 Å². The van der Waals surface area contributed by atoms with Crippen molar-refractivity contribution in [2.24, 2.45) is 0 Å². The lowest BCUT2D eigenvalue weighted by molar-refractivity contribution is -0.202. The molecule has 7 heterocycles. The Morgan fingerprint density at radius 1 is 0.800 bits per heavy atom. The summed E-state index contributed by atoms with van der Waals surface area (Å²) in [6, 6.07) is 0. The topological polar surface area (TPSA) is 274 Å². The van der Waals surface area contributed by atoms with Crippen molar-refractivity contribution in [1.29, 1.82) is 0 Å². The third-order valence-electron chi connectivity index (χ3n) is 7.52. The number of anilines is 2. The van der Waals surface area contributed by atoms with Gasteiger partial charge in [0, 0.05) is 14.1 Å². The van der Waals surface area contributed by atoms with Gasteiger partial charge in [0.2, 0.25) is 0 Å². The van der Waals surface area contributed by atoms with E-state index in [-0.39, 0.29) is 11.6 Å². The maximum atomic E-state index is 12.0. The summed E-state index contributed by atoms with van der Waals surface area (Å²) in [6.45, 7) is 3.46. The first kappa shape index (κ1) is 30.4. The van der Waals surface area contributed by atoms with E-state index in [1.165, 1.54) is 34.8 Å². The van der Waals surface area contributed by atoms with Crippen LogP contribution >= 0.6 is 0 Å². The maximum absolute atomic E-state index is 12.0. The van der Waals surface area contributed by atoms with Gasteiger partial charge in [-0.3, -0.25) is 13.9 Å². The number of aliphatic carboxylic acids is 1. The van der Waals surface area contributed by atoms with Crippen LogP contribution in [0.4, 0.5) is 11.6 Å². The van der Waals surface area contributed by atoms with Crippen LogP contribution in [0.3, 0.4) is 0 Å². The second-order valence-electron chi connectivity index (χ2n) is 11.2. The molecule has 3 fully saturated rings. The Hall–Kier alpha value is -4.60. The number of carbonyl (C=O) groups excluding carboxylic acids is 1. The van der Waals surface area contributed by atoms with Gasteiger partial charge < -0.3 is 50.6 Å². The Morgan fingerprint density at radius 3 is 1.84 bits per heavy atom. The first-order valence-corrected chi connectivity index (χ1v) is 13.6. The number of aliphatic hydroxyl groups is 2. The highest BCUT2D eigenvalue weighted by Gasteiger charge is 2.58.